The van der Waals surface area contributed by atoms with E-state index >= 15 is 0 Å². The second-order valence-corrected chi connectivity index (χ2v) is 7.11. The summed E-state index contributed by atoms with van der Waals surface area (Å²) >= 11 is 0. The smallest absolute Gasteiger partial charge is 0.421 e. The molecule has 1 N–H and O–H groups in total. The highest BCUT2D eigenvalue weighted by atomic mass is 19.4. The van der Waals surface area contributed by atoms with E-state index in [9.17, 15) is 40.3 Å². The summed E-state index contributed by atoms with van der Waals surface area (Å²) < 4.78 is 95.4. The van der Waals surface area contributed by atoms with Gasteiger partial charge in [-0.3, -0.25) is 4.79 Å². The predicted octanol–water partition coefficient (Wildman–Crippen LogP) is 3.45. The Morgan fingerprint density at radius 2 is 1.73 bits per heavy atom. The van der Waals surface area contributed by atoms with Crippen molar-refractivity contribution in [2.45, 2.75) is 18.8 Å². The van der Waals surface area contributed by atoms with Crippen LogP contribution in [0.5, 0.6) is 0 Å². The zero-order valence-corrected chi connectivity index (χ0v) is 16.8. The number of hydrogen-bond donors (Lipinski definition) is 1. The molecule has 1 saturated heterocycles. The summed E-state index contributed by atoms with van der Waals surface area (Å²) in [6.07, 6.45) is -8.75. The van der Waals surface area contributed by atoms with Gasteiger partial charge in [0.05, 0.1) is 12.2 Å². The molecule has 3 rings (SSSR count). The van der Waals surface area contributed by atoms with Crippen LogP contribution in [-0.4, -0.2) is 53.7 Å². The lowest BCUT2D eigenvalue weighted by atomic mass is 10.1. The Morgan fingerprint density at radius 3 is 2.30 bits per heavy atom. The molecule has 1 amide bonds. The van der Waals surface area contributed by atoms with Crippen molar-refractivity contribution >= 4 is 11.9 Å². The van der Waals surface area contributed by atoms with Gasteiger partial charge in [0.25, 0.3) is 5.56 Å². The fraction of sp³-hybridized carbons (Fsp3) is 0.421. The van der Waals surface area contributed by atoms with E-state index < -0.39 is 40.9 Å². The normalized spacial score (nSPS) is 15.0. The molecule has 2 aromatic heterocycles. The van der Waals surface area contributed by atoms with Crippen LogP contribution < -0.4 is 10.5 Å². The van der Waals surface area contributed by atoms with Crippen LogP contribution in [0.15, 0.2) is 29.3 Å². The molecule has 0 bridgehead atoms. The summed E-state index contributed by atoms with van der Waals surface area (Å²) in [4.78, 5) is 31.6. The van der Waals surface area contributed by atoms with Gasteiger partial charge in [0.2, 0.25) is 0 Å². The highest BCUT2D eigenvalue weighted by Crippen LogP contribution is 2.31. The minimum atomic E-state index is -4.82. The molecule has 3 heterocycles. The van der Waals surface area contributed by atoms with E-state index in [1.54, 1.807) is 0 Å². The Balaban J connectivity index is 1.51. The van der Waals surface area contributed by atoms with Crippen molar-refractivity contribution in [3.63, 3.8) is 0 Å². The number of carbonyl (C=O) groups is 1. The zero-order chi connectivity index (χ0) is 24.4. The number of nitrogens with one attached hydrogen (secondary N) is 1. The first kappa shape index (κ1) is 24.3. The lowest BCUT2D eigenvalue weighted by Gasteiger charge is -2.34. The quantitative estimate of drug-likeness (QED) is 0.676. The number of pyridine rings is 2. The number of hydrogen-bond acceptors (Lipinski definition) is 5. The van der Waals surface area contributed by atoms with E-state index in [1.165, 1.54) is 9.80 Å². The number of aromatic amines is 1. The van der Waals surface area contributed by atoms with Gasteiger partial charge in [-0.15, -0.1) is 0 Å². The third-order valence-electron chi connectivity index (χ3n) is 4.87. The molecule has 1 aliphatic rings. The van der Waals surface area contributed by atoms with Crippen LogP contribution in [0.4, 0.5) is 41.3 Å². The molecule has 0 aliphatic carbocycles. The monoisotopic (exact) mass is 482 g/mol. The Hall–Kier alpha value is -3.32. The molecule has 0 radical (unpaired) electrons. The molecule has 0 unspecified atom stereocenters. The van der Waals surface area contributed by atoms with Gasteiger partial charge in [-0.05, 0) is 17.7 Å². The van der Waals surface area contributed by atoms with E-state index in [0.29, 0.717) is 18.3 Å². The van der Waals surface area contributed by atoms with Crippen LogP contribution in [0.3, 0.4) is 0 Å². The van der Waals surface area contributed by atoms with E-state index in [-0.39, 0.29) is 50.6 Å². The third kappa shape index (κ3) is 5.93. The van der Waals surface area contributed by atoms with Gasteiger partial charge in [0.15, 0.2) is 11.6 Å². The fourth-order valence-corrected chi connectivity index (χ4v) is 3.15. The van der Waals surface area contributed by atoms with Crippen molar-refractivity contribution in [2.24, 2.45) is 0 Å². The average molecular weight is 482 g/mol. The van der Waals surface area contributed by atoms with E-state index in [1.807, 2.05) is 4.98 Å². The number of piperazine rings is 1. The van der Waals surface area contributed by atoms with Crippen molar-refractivity contribution in [1.82, 2.24) is 14.9 Å². The number of amides is 1. The average Bonchev–Trinajstić information content (AvgIpc) is 2.73. The number of alkyl halides is 6. The molecule has 1 aliphatic heterocycles. The first-order valence-corrected chi connectivity index (χ1v) is 9.54. The molecule has 2 aromatic rings. The zero-order valence-electron chi connectivity index (χ0n) is 16.8. The molecule has 180 valence electrons. The summed E-state index contributed by atoms with van der Waals surface area (Å²) in [5.41, 5.74) is -3.73. The first-order chi connectivity index (χ1) is 15.4. The number of anilines is 1. The summed E-state index contributed by atoms with van der Waals surface area (Å²) in [5.74, 6) is -1.41. The van der Waals surface area contributed by atoms with Gasteiger partial charge in [-0.25, -0.2) is 14.2 Å². The topological polar surface area (TPSA) is 78.5 Å². The maximum atomic E-state index is 14.1. The van der Waals surface area contributed by atoms with Gasteiger partial charge in [-0.1, -0.05) is 0 Å². The maximum Gasteiger partial charge on any atom is 0.421 e. The lowest BCUT2D eigenvalue weighted by Crippen LogP contribution is -2.49. The van der Waals surface area contributed by atoms with Gasteiger partial charge in [0.1, 0.15) is 5.56 Å². The van der Waals surface area contributed by atoms with Gasteiger partial charge < -0.3 is 19.5 Å². The number of H-pyrrole nitrogens is 1. The number of carbonyl (C=O) groups excluding carboxylic acids is 1. The summed E-state index contributed by atoms with van der Waals surface area (Å²) in [6.45, 7) is 0.0473. The molecule has 14 heteroatoms. The van der Waals surface area contributed by atoms with Crippen LogP contribution in [0, 0.1) is 5.82 Å². The largest absolute Gasteiger partial charge is 0.449 e. The van der Waals surface area contributed by atoms with Crippen LogP contribution in [0.1, 0.15) is 16.7 Å². The summed E-state index contributed by atoms with van der Waals surface area (Å²) in [6, 6.07) is 1.03. The SMILES string of the molecule is O=C(OCCc1c[nH]c(=O)c(C(F)(F)F)c1)N1CCN(c2ncc(C(F)(F)F)cc2F)CC1. The van der Waals surface area contributed by atoms with E-state index in [4.69, 9.17) is 4.74 Å². The highest BCUT2D eigenvalue weighted by molar-refractivity contribution is 5.68. The molecule has 0 spiro atoms. The second-order valence-electron chi connectivity index (χ2n) is 7.11. The number of aromatic nitrogens is 2. The molecule has 7 nitrogen and oxygen atoms in total. The number of ether oxygens (including phenoxy) is 1. The van der Waals surface area contributed by atoms with Crippen molar-refractivity contribution in [1.29, 1.82) is 0 Å². The van der Waals surface area contributed by atoms with Crippen LogP contribution in [-0.2, 0) is 23.5 Å². The first-order valence-electron chi connectivity index (χ1n) is 9.54. The second kappa shape index (κ2) is 9.27. The van der Waals surface area contributed by atoms with Crippen molar-refractivity contribution in [2.75, 3.05) is 37.7 Å². The lowest BCUT2D eigenvalue weighted by molar-refractivity contribution is -0.139. The predicted molar refractivity (Wildman–Crippen MR) is 100 cm³/mol. The molecular weight excluding hydrogens is 465 g/mol. The van der Waals surface area contributed by atoms with E-state index in [2.05, 4.69) is 4.98 Å². The Bertz CT molecular complexity index is 1060. The number of halogens is 7. The highest BCUT2D eigenvalue weighted by Gasteiger charge is 2.34. The van der Waals surface area contributed by atoms with Crippen molar-refractivity contribution in [3.8, 4) is 0 Å². The molecular formula is C19H17F7N4O3. The summed E-state index contributed by atoms with van der Waals surface area (Å²) in [5, 5.41) is 0. The maximum absolute atomic E-state index is 14.1. The Morgan fingerprint density at radius 1 is 1.06 bits per heavy atom. The third-order valence-corrected chi connectivity index (χ3v) is 4.87. The van der Waals surface area contributed by atoms with Gasteiger partial charge >= 0.3 is 18.4 Å². The van der Waals surface area contributed by atoms with Gasteiger partial charge in [-0.2, -0.15) is 26.3 Å². The van der Waals surface area contributed by atoms with Crippen molar-refractivity contribution < 1.29 is 40.3 Å². The van der Waals surface area contributed by atoms with Gasteiger partial charge in [0, 0.05) is 45.0 Å². The minimum absolute atomic E-state index is 0.0673. The molecule has 33 heavy (non-hydrogen) atoms. The Kier molecular flexibility index (Phi) is 6.84. The number of rotatable bonds is 4. The van der Waals surface area contributed by atoms with Crippen molar-refractivity contribution in [3.05, 3.63) is 57.4 Å². The summed E-state index contributed by atoms with van der Waals surface area (Å²) in [7, 11) is 0. The van der Waals surface area contributed by atoms with Crippen LogP contribution in [0.2, 0.25) is 0 Å². The molecule has 0 saturated carbocycles. The van der Waals surface area contributed by atoms with Crippen LogP contribution in [0.25, 0.3) is 0 Å². The van der Waals surface area contributed by atoms with Crippen LogP contribution >= 0.6 is 0 Å². The fourth-order valence-electron chi connectivity index (χ4n) is 3.15. The van der Waals surface area contributed by atoms with E-state index in [0.717, 1.165) is 6.20 Å². The standard InChI is InChI=1S/C19H17F7N4O3/c20-14-8-12(18(21,22)23)10-27-15(14)29-2-4-30(5-3-29)17(32)33-6-1-11-7-13(19(24,25)26)16(31)28-9-11/h7-10H,1-6H2,(H,28,31). The molecule has 1 fully saturated rings. The minimum Gasteiger partial charge on any atom is -0.449 e. The number of nitrogens with zero attached hydrogens (tertiary/aromatic N) is 3. The Labute approximate surface area is 181 Å². The molecule has 0 aromatic carbocycles. The molecule has 0 atom stereocenters.